The number of carboxylic acids is 1. The summed E-state index contributed by atoms with van der Waals surface area (Å²) in [4.78, 5) is 51.2. The maximum Gasteiger partial charge on any atom is 1.00 e. The first-order valence-corrected chi connectivity index (χ1v) is 14.6. The first-order chi connectivity index (χ1) is 20.0. The minimum Gasteiger partial charge on any atom is -0.744 e. The zero-order chi connectivity index (χ0) is 31.6. The first-order valence-electron chi connectivity index (χ1n) is 11.7. The van der Waals surface area contributed by atoms with Crippen LogP contribution in [0, 0.1) is 5.41 Å². The van der Waals surface area contributed by atoms with Gasteiger partial charge in [0.05, 0.1) is 22.2 Å². The summed E-state index contributed by atoms with van der Waals surface area (Å²) in [6.07, 6.45) is -0.394. The second-order valence-electron chi connectivity index (χ2n) is 9.09. The zero-order valence-corrected chi connectivity index (χ0v) is 24.8. The van der Waals surface area contributed by atoms with E-state index in [-0.39, 0.29) is 77.7 Å². The number of hydrogen-bond donors (Lipinski definition) is 3. The van der Waals surface area contributed by atoms with Gasteiger partial charge in [0.2, 0.25) is 0 Å². The molecule has 0 spiro atoms. The van der Waals surface area contributed by atoms with E-state index in [1.807, 2.05) is 0 Å². The van der Waals surface area contributed by atoms with E-state index in [2.05, 4.69) is 0 Å². The van der Waals surface area contributed by atoms with Gasteiger partial charge in [-0.3, -0.25) is 15.0 Å². The Kier molecular flexibility index (Phi) is 9.81. The fraction of sp³-hybridized carbons (Fsp3) is 0.0800. The largest absolute Gasteiger partial charge is 1.00 e. The minimum atomic E-state index is -5.48. The molecule has 16 nitrogen and oxygen atoms in total. The van der Waals surface area contributed by atoms with Gasteiger partial charge in [-0.2, -0.15) is 0 Å². The molecule has 20 heteroatoms. The van der Waals surface area contributed by atoms with E-state index in [9.17, 15) is 50.2 Å². The van der Waals surface area contributed by atoms with Crippen LogP contribution in [0.4, 0.5) is 5.69 Å². The van der Waals surface area contributed by atoms with Gasteiger partial charge in [0, 0.05) is 29.4 Å². The van der Waals surface area contributed by atoms with Crippen molar-refractivity contribution in [1.29, 1.82) is 5.41 Å². The molecule has 0 bridgehead atoms. The number of carbonyl (C=O) groups is 4. The quantitative estimate of drug-likeness (QED) is 0.0583. The van der Waals surface area contributed by atoms with E-state index in [0.717, 1.165) is 42.5 Å². The van der Waals surface area contributed by atoms with Crippen LogP contribution >= 0.6 is 0 Å². The van der Waals surface area contributed by atoms with E-state index in [0.29, 0.717) is 0 Å². The summed E-state index contributed by atoms with van der Waals surface area (Å²) in [5.74, 6) is -5.39. The standard InChI is InChI=1S/C25H17N3O13S2.2Li/c26-15-5-3-12-19(11-2-1-10(9-14(11)24(31)32)25(33)41-28-17(29)7-8-18(28)30)13-4-6-16(27)23(43(37,38)39)21(13)40-20(12)22(15)42(34,35)36;;/h1-6,9,26H,7-8,27H2,(H,31,32)(H,34,35,36)(H,37,38,39);;/q;2*+1/p-2. The third-order valence-electron chi connectivity index (χ3n) is 6.43. The minimum absolute atomic E-state index is 0. The van der Waals surface area contributed by atoms with Crippen molar-refractivity contribution in [2.45, 2.75) is 22.6 Å². The van der Waals surface area contributed by atoms with Crippen molar-refractivity contribution in [2.75, 3.05) is 5.73 Å². The molecule has 2 amide bonds. The van der Waals surface area contributed by atoms with E-state index in [1.165, 1.54) is 0 Å². The summed E-state index contributed by atoms with van der Waals surface area (Å²) in [7, 11) is -10.9. The molecule has 2 aromatic rings. The van der Waals surface area contributed by atoms with Crippen molar-refractivity contribution in [2.24, 2.45) is 0 Å². The summed E-state index contributed by atoms with van der Waals surface area (Å²) in [5, 5.41) is 17.2. The Labute approximate surface area is 276 Å². The molecule has 2 aromatic carbocycles. The molecule has 45 heavy (non-hydrogen) atoms. The van der Waals surface area contributed by atoms with Crippen molar-refractivity contribution < 1.29 is 97.2 Å². The van der Waals surface area contributed by atoms with E-state index in [1.54, 1.807) is 0 Å². The molecule has 3 aliphatic rings. The average Bonchev–Trinajstić information content (AvgIpc) is 3.21. The Morgan fingerprint density at radius 2 is 1.49 bits per heavy atom. The number of benzene rings is 3. The number of nitrogens with one attached hydrogen (secondary N) is 1. The third-order valence-corrected chi connectivity index (χ3v) is 8.26. The average molecular weight is 643 g/mol. The maximum absolute atomic E-state index is 12.7. The number of carboxylic acid groups (broad SMARTS) is 1. The number of amides is 2. The first kappa shape index (κ1) is 35.5. The number of rotatable bonds is 6. The number of nitrogens with two attached hydrogens (primary N) is 1. The predicted octanol–water partition coefficient (Wildman–Crippen LogP) is -5.00. The molecular weight excluding hydrogens is 628 g/mol. The smallest absolute Gasteiger partial charge is 0.744 e. The van der Waals surface area contributed by atoms with Crippen LogP contribution in [0.1, 0.15) is 33.6 Å². The predicted molar refractivity (Wildman–Crippen MR) is 138 cm³/mol. The molecule has 2 heterocycles. The molecule has 0 unspecified atom stereocenters. The molecule has 0 aromatic heterocycles. The summed E-state index contributed by atoms with van der Waals surface area (Å²) in [6.45, 7) is 0. The van der Waals surface area contributed by atoms with Crippen LogP contribution < -0.4 is 48.8 Å². The summed E-state index contributed by atoms with van der Waals surface area (Å²) >= 11 is 0. The van der Waals surface area contributed by atoms with Gasteiger partial charge < -0.3 is 29.2 Å². The Hall–Kier alpha value is -3.98. The topological polar surface area (TPSA) is 278 Å². The molecule has 1 aliphatic carbocycles. The number of fused-ring (bicyclic) bond motifs is 2. The van der Waals surface area contributed by atoms with Crippen LogP contribution in [-0.4, -0.2) is 59.9 Å². The number of imide groups is 1. The summed E-state index contributed by atoms with van der Waals surface area (Å²) in [5.41, 5.74) is 2.32. The van der Waals surface area contributed by atoms with Gasteiger partial charge in [-0.25, -0.2) is 26.4 Å². The molecule has 1 fully saturated rings. The summed E-state index contributed by atoms with van der Waals surface area (Å²) in [6, 6.07) is 7.03. The Morgan fingerprint density at radius 1 is 0.911 bits per heavy atom. The molecule has 0 saturated carbocycles. The monoisotopic (exact) mass is 643 g/mol. The zero-order valence-electron chi connectivity index (χ0n) is 23.1. The Balaban J connectivity index is 0.00000276. The number of nitrogen functional groups attached to an aromatic ring is 1. The molecule has 0 radical (unpaired) electrons. The van der Waals surface area contributed by atoms with Crippen LogP contribution in [-0.2, 0) is 34.7 Å². The Bertz CT molecular complexity index is 2180. The van der Waals surface area contributed by atoms with Crippen LogP contribution in [0.25, 0.3) is 33.4 Å². The number of carbonyl (C=O) groups excluding carboxylic acids is 3. The van der Waals surface area contributed by atoms with E-state index in [4.69, 9.17) is 20.4 Å². The molecular formula is C25H15Li2N3O13S2. The van der Waals surface area contributed by atoms with Crippen LogP contribution in [0.5, 0.6) is 0 Å². The fourth-order valence-electron chi connectivity index (χ4n) is 4.64. The number of hydroxylamine groups is 2. The third kappa shape index (κ3) is 6.28. The van der Waals surface area contributed by atoms with Crippen LogP contribution in [0.3, 0.4) is 0 Å². The Morgan fingerprint density at radius 3 is 2.04 bits per heavy atom. The maximum atomic E-state index is 12.7. The second kappa shape index (κ2) is 12.4. The SMILES string of the molecule is N=c1ccc2c(-c3ccc(C(=O)ON4C(=O)CCC4=O)cc3C(=O)O)c3ccc(N)c(S(=O)(=O)[O-])c3oc-2c1S(=O)(=O)[O-].[Li+].[Li+]. The molecule has 4 N–H and O–H groups in total. The number of anilines is 1. The number of aromatic carboxylic acids is 1. The summed E-state index contributed by atoms with van der Waals surface area (Å²) < 4.78 is 78.5. The number of hydrogen-bond acceptors (Lipinski definition) is 14. The van der Waals surface area contributed by atoms with Crippen LogP contribution in [0.15, 0.2) is 56.7 Å². The number of nitrogens with zero attached hydrogens (tertiary/aromatic N) is 1. The molecule has 5 rings (SSSR count). The van der Waals surface area contributed by atoms with Gasteiger partial charge in [0.1, 0.15) is 30.0 Å². The second-order valence-corrected chi connectivity index (χ2v) is 11.7. The van der Waals surface area contributed by atoms with Crippen molar-refractivity contribution in [3.8, 4) is 22.5 Å². The van der Waals surface area contributed by atoms with Gasteiger partial charge in [-0.15, -0.1) is 5.06 Å². The van der Waals surface area contributed by atoms with Gasteiger partial charge in [-0.05, 0) is 42.0 Å². The molecule has 222 valence electrons. The van der Waals surface area contributed by atoms with Gasteiger partial charge >= 0.3 is 49.7 Å². The van der Waals surface area contributed by atoms with Crippen molar-refractivity contribution >= 4 is 60.6 Å². The molecule has 0 atom stereocenters. The molecule has 1 saturated heterocycles. The van der Waals surface area contributed by atoms with Crippen molar-refractivity contribution in [1.82, 2.24) is 5.06 Å². The van der Waals surface area contributed by atoms with E-state index >= 15 is 0 Å². The van der Waals surface area contributed by atoms with Crippen molar-refractivity contribution in [3.05, 3.63) is 58.9 Å². The van der Waals surface area contributed by atoms with Crippen molar-refractivity contribution in [3.63, 3.8) is 0 Å². The van der Waals surface area contributed by atoms with Gasteiger partial charge in [-0.1, -0.05) is 6.07 Å². The normalized spacial score (nSPS) is 13.4. The van der Waals surface area contributed by atoms with Gasteiger partial charge in [0.25, 0.3) is 11.8 Å². The van der Waals surface area contributed by atoms with E-state index < -0.39 is 87.3 Å². The molecule has 2 aliphatic heterocycles. The van der Waals surface area contributed by atoms with Crippen LogP contribution in [0.2, 0.25) is 0 Å². The fourth-order valence-corrected chi connectivity index (χ4v) is 6.09. The van der Waals surface area contributed by atoms with Gasteiger partial charge in [0.15, 0.2) is 11.3 Å².